The zero-order valence-corrected chi connectivity index (χ0v) is 8.71. The van der Waals surface area contributed by atoms with Crippen molar-refractivity contribution in [1.29, 1.82) is 0 Å². The topological polar surface area (TPSA) is 38.7 Å². The van der Waals surface area contributed by atoms with Crippen molar-refractivity contribution in [3.05, 3.63) is 23.5 Å². The highest BCUT2D eigenvalue weighted by Gasteiger charge is 2.23. The number of rotatable bonds is 1. The zero-order valence-electron chi connectivity index (χ0n) is 8.71. The quantitative estimate of drug-likeness (QED) is 0.771. The van der Waals surface area contributed by atoms with Crippen LogP contribution in [-0.4, -0.2) is 18.3 Å². The van der Waals surface area contributed by atoms with Crippen LogP contribution in [0.3, 0.4) is 0 Å². The smallest absolute Gasteiger partial charge is 0.197 e. The lowest BCUT2D eigenvalue weighted by molar-refractivity contribution is 0.0769. The first-order valence-electron chi connectivity index (χ1n) is 4.80. The van der Waals surface area contributed by atoms with Gasteiger partial charge in [0.15, 0.2) is 17.3 Å². The molecule has 82 valence electrons. The normalized spacial score (nSPS) is 15.2. The molecule has 1 N–H and O–H groups in total. The minimum absolute atomic E-state index is 0.134. The van der Waals surface area contributed by atoms with Crippen molar-refractivity contribution < 1.29 is 19.0 Å². The number of aliphatic hydroxyl groups is 1. The standard InChI is InChI=1S/C11H13FO3/c1-11(2,13)7-5-8(12)10-9(6-7)14-3-4-15-10/h5-6,13H,3-4H2,1-2H3. The Bertz CT molecular complexity index is 382. The van der Waals surface area contributed by atoms with Gasteiger partial charge in [0, 0.05) is 0 Å². The van der Waals surface area contributed by atoms with Crippen molar-refractivity contribution in [2.75, 3.05) is 13.2 Å². The summed E-state index contributed by atoms with van der Waals surface area (Å²) in [6.07, 6.45) is 0. The molecule has 0 unspecified atom stereocenters. The van der Waals surface area contributed by atoms with E-state index in [1.54, 1.807) is 19.9 Å². The van der Waals surface area contributed by atoms with Crippen molar-refractivity contribution in [1.82, 2.24) is 0 Å². The molecule has 4 heteroatoms. The summed E-state index contributed by atoms with van der Waals surface area (Å²) in [7, 11) is 0. The number of fused-ring (bicyclic) bond motifs is 1. The van der Waals surface area contributed by atoms with E-state index in [9.17, 15) is 9.50 Å². The SMILES string of the molecule is CC(C)(O)c1cc(F)c2c(c1)OCCO2. The molecule has 0 atom stereocenters. The number of benzene rings is 1. The molecule has 0 saturated carbocycles. The highest BCUT2D eigenvalue weighted by molar-refractivity contribution is 5.46. The predicted molar refractivity (Wildman–Crippen MR) is 52.6 cm³/mol. The first-order chi connectivity index (χ1) is 6.98. The molecule has 1 aliphatic heterocycles. The van der Waals surface area contributed by atoms with Crippen LogP contribution in [0, 0.1) is 5.82 Å². The van der Waals surface area contributed by atoms with Gasteiger partial charge in [0.1, 0.15) is 13.2 Å². The van der Waals surface area contributed by atoms with Crippen LogP contribution in [0.1, 0.15) is 19.4 Å². The Morgan fingerprint density at radius 3 is 2.60 bits per heavy atom. The molecule has 0 spiro atoms. The molecule has 3 nitrogen and oxygen atoms in total. The third-order valence-electron chi connectivity index (χ3n) is 2.30. The average Bonchev–Trinajstić information content (AvgIpc) is 2.16. The van der Waals surface area contributed by atoms with Gasteiger partial charge in [0.25, 0.3) is 0 Å². The van der Waals surface area contributed by atoms with Crippen molar-refractivity contribution in [3.8, 4) is 11.5 Å². The van der Waals surface area contributed by atoms with Crippen LogP contribution in [0.4, 0.5) is 4.39 Å². The minimum Gasteiger partial charge on any atom is -0.486 e. The Morgan fingerprint density at radius 1 is 1.27 bits per heavy atom. The van der Waals surface area contributed by atoms with E-state index in [-0.39, 0.29) is 5.75 Å². The van der Waals surface area contributed by atoms with Crippen LogP contribution in [0.15, 0.2) is 12.1 Å². The zero-order chi connectivity index (χ0) is 11.1. The van der Waals surface area contributed by atoms with Crippen molar-refractivity contribution in [2.24, 2.45) is 0 Å². The Kier molecular flexibility index (Phi) is 2.31. The molecule has 2 rings (SSSR count). The molecule has 0 aliphatic carbocycles. The summed E-state index contributed by atoms with van der Waals surface area (Å²) in [5, 5.41) is 9.75. The Labute approximate surface area is 87.4 Å². The Hall–Kier alpha value is -1.29. The van der Waals surface area contributed by atoms with Gasteiger partial charge in [0.05, 0.1) is 5.60 Å². The van der Waals surface area contributed by atoms with Crippen LogP contribution in [0.25, 0.3) is 0 Å². The first-order valence-corrected chi connectivity index (χ1v) is 4.80. The lowest BCUT2D eigenvalue weighted by atomic mass is 9.98. The van der Waals surface area contributed by atoms with Gasteiger partial charge in [-0.2, -0.15) is 0 Å². The molecule has 1 aromatic rings. The fourth-order valence-corrected chi connectivity index (χ4v) is 1.46. The minimum atomic E-state index is -1.09. The molecular formula is C11H13FO3. The van der Waals surface area contributed by atoms with Gasteiger partial charge in [-0.05, 0) is 31.5 Å². The van der Waals surface area contributed by atoms with Crippen LogP contribution < -0.4 is 9.47 Å². The van der Waals surface area contributed by atoms with Gasteiger partial charge in [-0.3, -0.25) is 0 Å². The van der Waals surface area contributed by atoms with Crippen LogP contribution in [0.5, 0.6) is 11.5 Å². The third kappa shape index (κ3) is 1.90. The summed E-state index contributed by atoms with van der Waals surface area (Å²) < 4.78 is 24.0. The summed E-state index contributed by atoms with van der Waals surface area (Å²) in [6.45, 7) is 3.95. The molecular weight excluding hydrogens is 199 g/mol. The third-order valence-corrected chi connectivity index (χ3v) is 2.30. The van der Waals surface area contributed by atoms with E-state index in [2.05, 4.69) is 0 Å². The molecule has 0 amide bonds. The van der Waals surface area contributed by atoms with E-state index < -0.39 is 11.4 Å². The summed E-state index contributed by atoms with van der Waals surface area (Å²) in [4.78, 5) is 0. The maximum Gasteiger partial charge on any atom is 0.197 e. The summed E-state index contributed by atoms with van der Waals surface area (Å²) >= 11 is 0. The van der Waals surface area contributed by atoms with E-state index in [0.717, 1.165) is 0 Å². The molecule has 1 aliphatic rings. The van der Waals surface area contributed by atoms with Gasteiger partial charge in [-0.1, -0.05) is 0 Å². The number of hydrogen-bond acceptors (Lipinski definition) is 3. The van der Waals surface area contributed by atoms with Crippen LogP contribution in [0.2, 0.25) is 0 Å². The van der Waals surface area contributed by atoms with Gasteiger partial charge >= 0.3 is 0 Å². The van der Waals surface area contributed by atoms with E-state index in [1.807, 2.05) is 0 Å². The van der Waals surface area contributed by atoms with Gasteiger partial charge in [-0.15, -0.1) is 0 Å². The maximum atomic E-state index is 13.5. The van der Waals surface area contributed by atoms with E-state index in [0.29, 0.717) is 24.5 Å². The summed E-state index contributed by atoms with van der Waals surface area (Å²) in [6, 6.07) is 2.88. The van der Waals surface area contributed by atoms with E-state index in [1.165, 1.54) is 6.07 Å². The number of ether oxygens (including phenoxy) is 2. The molecule has 1 heterocycles. The number of hydrogen-bond donors (Lipinski definition) is 1. The molecule has 1 aromatic carbocycles. The monoisotopic (exact) mass is 212 g/mol. The molecule has 15 heavy (non-hydrogen) atoms. The summed E-state index contributed by atoms with van der Waals surface area (Å²) in [5.41, 5.74) is -0.610. The lowest BCUT2D eigenvalue weighted by Crippen LogP contribution is -2.20. The Morgan fingerprint density at radius 2 is 1.93 bits per heavy atom. The second-order valence-electron chi connectivity index (χ2n) is 4.04. The Balaban J connectivity index is 2.50. The second kappa shape index (κ2) is 3.38. The fraction of sp³-hybridized carbons (Fsp3) is 0.455. The molecule has 0 bridgehead atoms. The first kappa shape index (κ1) is 10.2. The van der Waals surface area contributed by atoms with Crippen molar-refractivity contribution >= 4 is 0 Å². The maximum absolute atomic E-state index is 13.5. The van der Waals surface area contributed by atoms with Crippen molar-refractivity contribution in [2.45, 2.75) is 19.4 Å². The van der Waals surface area contributed by atoms with Crippen molar-refractivity contribution in [3.63, 3.8) is 0 Å². The lowest BCUT2D eigenvalue weighted by Gasteiger charge is -2.23. The van der Waals surface area contributed by atoms with E-state index >= 15 is 0 Å². The number of halogens is 1. The molecule has 0 fully saturated rings. The van der Waals surface area contributed by atoms with Gasteiger partial charge < -0.3 is 14.6 Å². The average molecular weight is 212 g/mol. The largest absolute Gasteiger partial charge is 0.486 e. The molecule has 0 radical (unpaired) electrons. The summed E-state index contributed by atoms with van der Waals surface area (Å²) in [5.74, 6) is -0.00282. The highest BCUT2D eigenvalue weighted by atomic mass is 19.1. The predicted octanol–water partition coefficient (Wildman–Crippen LogP) is 1.82. The van der Waals surface area contributed by atoms with E-state index in [4.69, 9.17) is 9.47 Å². The van der Waals surface area contributed by atoms with Gasteiger partial charge in [-0.25, -0.2) is 4.39 Å². The van der Waals surface area contributed by atoms with Crippen LogP contribution >= 0.6 is 0 Å². The highest BCUT2D eigenvalue weighted by Crippen LogP contribution is 2.36. The fourth-order valence-electron chi connectivity index (χ4n) is 1.46. The van der Waals surface area contributed by atoms with Gasteiger partial charge in [0.2, 0.25) is 0 Å². The second-order valence-corrected chi connectivity index (χ2v) is 4.04. The van der Waals surface area contributed by atoms with Crippen LogP contribution in [-0.2, 0) is 5.60 Å². The molecule has 0 saturated heterocycles. The molecule has 0 aromatic heterocycles.